The molecule has 2 aromatic rings. The molecule has 1 heterocycles. The Morgan fingerprint density at radius 1 is 1.06 bits per heavy atom. The fourth-order valence-corrected chi connectivity index (χ4v) is 4.68. The Morgan fingerprint density at radius 2 is 1.69 bits per heavy atom. The number of ether oxygens (including phenoxy) is 2. The van der Waals surface area contributed by atoms with Gasteiger partial charge in [-0.3, -0.25) is 4.79 Å². The van der Waals surface area contributed by atoms with Crippen LogP contribution in [0.2, 0.25) is 0 Å². The molecule has 2 aromatic carbocycles. The highest BCUT2D eigenvalue weighted by atomic mass is 35.5. The van der Waals surface area contributed by atoms with E-state index in [1.54, 1.807) is 5.01 Å². The van der Waals surface area contributed by atoms with E-state index in [4.69, 9.17) is 26.2 Å². The van der Waals surface area contributed by atoms with Crippen LogP contribution in [-0.4, -0.2) is 35.7 Å². The number of allylic oxidation sites excluding steroid dienone is 1. The highest BCUT2D eigenvalue weighted by Crippen LogP contribution is 2.44. The molecule has 5 nitrogen and oxygen atoms in total. The third-order valence-electron chi connectivity index (χ3n) is 5.94. The van der Waals surface area contributed by atoms with E-state index < -0.39 is 0 Å². The smallest absolute Gasteiger partial charge is 0.258 e. The van der Waals surface area contributed by atoms with Crippen molar-refractivity contribution in [2.24, 2.45) is 11.0 Å². The molecule has 1 aliphatic carbocycles. The topological polar surface area (TPSA) is 51.1 Å². The number of carbonyl (C=O) groups excluding carboxylic acids is 1. The Labute approximate surface area is 194 Å². The van der Waals surface area contributed by atoms with Gasteiger partial charge in [-0.1, -0.05) is 24.3 Å². The largest absolute Gasteiger partial charge is 0.494 e. The van der Waals surface area contributed by atoms with Gasteiger partial charge in [0, 0.05) is 5.92 Å². The van der Waals surface area contributed by atoms with Crippen molar-refractivity contribution in [1.82, 2.24) is 5.01 Å². The van der Waals surface area contributed by atoms with Crippen LogP contribution in [0.1, 0.15) is 50.3 Å². The number of fused-ring (bicyclic) bond motifs is 1. The number of hydrogen-bond acceptors (Lipinski definition) is 4. The van der Waals surface area contributed by atoms with Gasteiger partial charge in [0.2, 0.25) is 0 Å². The molecule has 0 spiro atoms. The maximum Gasteiger partial charge on any atom is 0.258 e. The molecule has 0 unspecified atom stereocenters. The lowest BCUT2D eigenvalue weighted by atomic mass is 9.77. The SMILES string of the molecule is CCOc1ccc(/C=C2\CCC[C@@H]3C2=NN(C(=O)CCl)[C@H]3c2ccc(OCC)cc2)cc1. The van der Waals surface area contributed by atoms with Gasteiger partial charge in [0.1, 0.15) is 17.4 Å². The summed E-state index contributed by atoms with van der Waals surface area (Å²) in [5.41, 5.74) is 4.35. The average molecular weight is 453 g/mol. The van der Waals surface area contributed by atoms with Gasteiger partial charge >= 0.3 is 0 Å². The summed E-state index contributed by atoms with van der Waals surface area (Å²) >= 11 is 5.95. The molecule has 2 aliphatic rings. The second-order valence-electron chi connectivity index (χ2n) is 7.97. The Morgan fingerprint density at radius 3 is 2.28 bits per heavy atom. The van der Waals surface area contributed by atoms with Crippen molar-refractivity contribution >= 4 is 29.3 Å². The van der Waals surface area contributed by atoms with E-state index in [-0.39, 0.29) is 23.7 Å². The summed E-state index contributed by atoms with van der Waals surface area (Å²) in [6.45, 7) is 5.21. The number of rotatable bonds is 7. The van der Waals surface area contributed by atoms with E-state index in [2.05, 4.69) is 18.2 Å². The maximum atomic E-state index is 12.7. The lowest BCUT2D eigenvalue weighted by molar-refractivity contribution is -0.130. The lowest BCUT2D eigenvalue weighted by Gasteiger charge is -2.29. The first kappa shape index (κ1) is 22.4. The third-order valence-corrected chi connectivity index (χ3v) is 6.16. The van der Waals surface area contributed by atoms with Crippen molar-refractivity contribution in [3.63, 3.8) is 0 Å². The number of amides is 1. The van der Waals surface area contributed by atoms with Crippen molar-refractivity contribution in [3.05, 3.63) is 65.2 Å². The first-order valence-corrected chi connectivity index (χ1v) is 11.8. The normalized spacial score (nSPS) is 21.3. The van der Waals surface area contributed by atoms with Gasteiger partial charge in [-0.15, -0.1) is 11.6 Å². The molecule has 6 heteroatoms. The van der Waals surface area contributed by atoms with Crippen molar-refractivity contribution in [2.45, 2.75) is 39.2 Å². The van der Waals surface area contributed by atoms with Crippen LogP contribution in [0.3, 0.4) is 0 Å². The van der Waals surface area contributed by atoms with Gasteiger partial charge in [0.05, 0.1) is 25.0 Å². The molecule has 4 rings (SSSR count). The fraction of sp³-hybridized carbons (Fsp3) is 0.385. The van der Waals surface area contributed by atoms with E-state index in [9.17, 15) is 4.79 Å². The van der Waals surface area contributed by atoms with Crippen molar-refractivity contribution < 1.29 is 14.3 Å². The van der Waals surface area contributed by atoms with Crippen LogP contribution in [0.5, 0.6) is 11.5 Å². The summed E-state index contributed by atoms with van der Waals surface area (Å²) in [6.07, 6.45) is 5.18. The Hall–Kier alpha value is -2.79. The second-order valence-corrected chi connectivity index (χ2v) is 8.24. The zero-order chi connectivity index (χ0) is 22.5. The first-order valence-electron chi connectivity index (χ1n) is 11.3. The van der Waals surface area contributed by atoms with Crippen LogP contribution in [0.25, 0.3) is 6.08 Å². The van der Waals surface area contributed by atoms with Crippen molar-refractivity contribution in [2.75, 3.05) is 19.1 Å². The number of benzene rings is 2. The van der Waals surface area contributed by atoms with E-state index in [0.717, 1.165) is 47.6 Å². The monoisotopic (exact) mass is 452 g/mol. The minimum Gasteiger partial charge on any atom is -0.494 e. The second kappa shape index (κ2) is 10.2. The number of halogens is 1. The molecule has 1 amide bonds. The Kier molecular flexibility index (Phi) is 7.15. The summed E-state index contributed by atoms with van der Waals surface area (Å²) in [5.74, 6) is 1.58. The zero-order valence-corrected chi connectivity index (χ0v) is 19.3. The van der Waals surface area contributed by atoms with Crippen molar-refractivity contribution in [1.29, 1.82) is 0 Å². The van der Waals surface area contributed by atoms with Gasteiger partial charge in [0.25, 0.3) is 5.91 Å². The summed E-state index contributed by atoms with van der Waals surface area (Å²) < 4.78 is 11.1. The minimum absolute atomic E-state index is 0.0883. The van der Waals surface area contributed by atoms with Crippen LogP contribution in [-0.2, 0) is 4.79 Å². The number of carbonyl (C=O) groups is 1. The molecule has 1 aliphatic heterocycles. The quantitative estimate of drug-likeness (QED) is 0.495. The summed E-state index contributed by atoms with van der Waals surface area (Å²) in [6, 6.07) is 15.9. The molecule has 1 fully saturated rings. The Balaban J connectivity index is 1.65. The van der Waals surface area contributed by atoms with Crippen LogP contribution >= 0.6 is 11.6 Å². The van der Waals surface area contributed by atoms with Crippen LogP contribution < -0.4 is 9.47 Å². The molecule has 0 saturated heterocycles. The number of hydrogen-bond donors (Lipinski definition) is 0. The number of hydrazone groups is 1. The lowest BCUT2D eigenvalue weighted by Crippen LogP contribution is -2.32. The highest BCUT2D eigenvalue weighted by molar-refractivity contribution is 6.27. The average Bonchev–Trinajstić information content (AvgIpc) is 3.21. The van der Waals surface area contributed by atoms with Gasteiger partial charge in [0.15, 0.2) is 0 Å². The Bertz CT molecular complexity index is 999. The molecule has 32 heavy (non-hydrogen) atoms. The third kappa shape index (κ3) is 4.68. The predicted molar refractivity (Wildman–Crippen MR) is 128 cm³/mol. The molecule has 0 N–H and O–H groups in total. The molecule has 2 atom stereocenters. The molecule has 1 saturated carbocycles. The molecular formula is C26H29ClN2O3. The summed E-state index contributed by atoms with van der Waals surface area (Å²) in [4.78, 5) is 12.7. The minimum atomic E-state index is -0.173. The predicted octanol–water partition coefficient (Wildman–Crippen LogP) is 5.85. The molecule has 0 aromatic heterocycles. The van der Waals surface area contributed by atoms with E-state index >= 15 is 0 Å². The van der Waals surface area contributed by atoms with Crippen molar-refractivity contribution in [3.8, 4) is 11.5 Å². The van der Waals surface area contributed by atoms with Gasteiger partial charge in [-0.25, -0.2) is 5.01 Å². The fourth-order valence-electron chi connectivity index (χ4n) is 4.56. The first-order chi connectivity index (χ1) is 15.6. The number of nitrogens with zero attached hydrogens (tertiary/aromatic N) is 2. The maximum absolute atomic E-state index is 12.7. The molecule has 168 valence electrons. The number of alkyl halides is 1. The van der Waals surface area contributed by atoms with E-state index in [0.29, 0.717) is 13.2 Å². The van der Waals surface area contributed by atoms with Crippen LogP contribution in [0, 0.1) is 5.92 Å². The summed E-state index contributed by atoms with van der Waals surface area (Å²) in [5, 5.41) is 6.41. The van der Waals surface area contributed by atoms with E-state index in [1.807, 2.05) is 50.2 Å². The molecular weight excluding hydrogens is 424 g/mol. The van der Waals surface area contributed by atoms with Gasteiger partial charge in [-0.2, -0.15) is 5.10 Å². The standard InChI is InChI=1S/C26H29ClN2O3/c1-3-31-21-12-8-18(9-13-21)16-20-6-5-7-23-25(20)28-29(24(30)17-27)26(23)19-10-14-22(15-11-19)32-4-2/h8-16,23,26H,3-7,17H2,1-2H3/b20-16+/t23-,26+/m1/s1. The zero-order valence-electron chi connectivity index (χ0n) is 18.6. The highest BCUT2D eigenvalue weighted by Gasteiger charge is 2.43. The molecule has 0 bridgehead atoms. The van der Waals surface area contributed by atoms with Crippen LogP contribution in [0.4, 0.5) is 0 Å². The molecule has 0 radical (unpaired) electrons. The summed E-state index contributed by atoms with van der Waals surface area (Å²) in [7, 11) is 0. The van der Waals surface area contributed by atoms with Gasteiger partial charge in [-0.05, 0) is 80.2 Å². The van der Waals surface area contributed by atoms with Gasteiger partial charge < -0.3 is 9.47 Å². The van der Waals surface area contributed by atoms with Crippen LogP contribution in [0.15, 0.2) is 59.2 Å². The van der Waals surface area contributed by atoms with E-state index in [1.165, 1.54) is 5.57 Å².